The number of hydrogen-bond donors (Lipinski definition) is 0. The van der Waals surface area contributed by atoms with Gasteiger partial charge in [-0.05, 0) is 17.2 Å². The average molecular weight is 248 g/mol. The maximum atomic E-state index is 13.9. The zero-order valence-corrected chi connectivity index (χ0v) is 9.54. The predicted molar refractivity (Wildman–Crippen MR) is 66.9 cm³/mol. The largest absolute Gasteiger partial charge is 0.266 e. The molecule has 18 heavy (non-hydrogen) atoms. The van der Waals surface area contributed by atoms with E-state index in [1.54, 1.807) is 24.3 Å². The van der Waals surface area contributed by atoms with Crippen molar-refractivity contribution in [3.05, 3.63) is 66.0 Å². The molecule has 2 rings (SSSR count). The molecule has 2 aromatic carbocycles. The van der Waals surface area contributed by atoms with Gasteiger partial charge < -0.3 is 0 Å². The molecule has 0 N–H and O–H groups in total. The molecule has 0 radical (unpaired) electrons. The van der Waals surface area contributed by atoms with Crippen molar-refractivity contribution in [2.24, 2.45) is 0 Å². The third kappa shape index (κ3) is 2.30. The molecule has 0 aliphatic heterocycles. The summed E-state index contributed by atoms with van der Waals surface area (Å²) in [5.41, 5.74) is 0.981. The van der Waals surface area contributed by atoms with Gasteiger partial charge in [-0.2, -0.15) is 0 Å². The second-order valence-corrected chi connectivity index (χ2v) is 3.84. The van der Waals surface area contributed by atoms with Crippen molar-refractivity contribution in [2.75, 3.05) is 0 Å². The van der Waals surface area contributed by atoms with Crippen LogP contribution >= 0.6 is 0 Å². The number of benzene rings is 2. The van der Waals surface area contributed by atoms with Crippen LogP contribution in [-0.2, 0) is 0 Å². The number of rotatable bonds is 3. The summed E-state index contributed by atoms with van der Waals surface area (Å²) in [6.45, 7) is 3.62. The Balaban J connectivity index is 2.56. The van der Waals surface area contributed by atoms with E-state index in [2.05, 4.69) is 6.58 Å². The van der Waals surface area contributed by atoms with Gasteiger partial charge in [-0.25, -0.2) is 13.2 Å². The van der Waals surface area contributed by atoms with Crippen molar-refractivity contribution in [1.82, 2.24) is 0 Å². The Morgan fingerprint density at radius 3 is 2.44 bits per heavy atom. The molecule has 92 valence electrons. The van der Waals surface area contributed by atoms with Crippen molar-refractivity contribution in [3.63, 3.8) is 0 Å². The Hall–Kier alpha value is -2.03. The first kappa shape index (κ1) is 12.4. The van der Waals surface area contributed by atoms with Crippen LogP contribution in [0.2, 0.25) is 0 Å². The van der Waals surface area contributed by atoms with Crippen molar-refractivity contribution in [1.29, 1.82) is 0 Å². The van der Waals surface area contributed by atoms with E-state index in [9.17, 15) is 13.2 Å². The van der Waals surface area contributed by atoms with E-state index in [0.717, 1.165) is 11.6 Å². The molecule has 0 aliphatic rings. The third-order valence-electron chi connectivity index (χ3n) is 2.70. The molecule has 0 fully saturated rings. The Morgan fingerprint density at radius 1 is 1.06 bits per heavy atom. The van der Waals surface area contributed by atoms with Crippen LogP contribution in [0.1, 0.15) is 17.6 Å². The molecule has 0 saturated heterocycles. The minimum absolute atomic E-state index is 0.177. The summed E-state index contributed by atoms with van der Waals surface area (Å²) in [5.74, 6) is -0.867. The van der Waals surface area contributed by atoms with Crippen LogP contribution in [0.3, 0.4) is 0 Å². The summed E-state index contributed by atoms with van der Waals surface area (Å²) < 4.78 is 39.2. The SMILES string of the molecule is C=Cc1cccc(-c2cccc(C(F)F)c2F)c1. The first-order valence-corrected chi connectivity index (χ1v) is 5.43. The summed E-state index contributed by atoms with van der Waals surface area (Å²) >= 11 is 0. The number of hydrogen-bond acceptors (Lipinski definition) is 0. The average Bonchev–Trinajstić information content (AvgIpc) is 2.38. The van der Waals surface area contributed by atoms with Gasteiger partial charge in [0.05, 0.1) is 5.56 Å². The maximum absolute atomic E-state index is 13.9. The van der Waals surface area contributed by atoms with E-state index < -0.39 is 17.8 Å². The lowest BCUT2D eigenvalue weighted by atomic mass is 10.0. The standard InChI is InChI=1S/C15H11F3/c1-2-10-5-3-6-11(9-10)12-7-4-8-13(14(12)16)15(17)18/h2-9,15H,1H2. The van der Waals surface area contributed by atoms with Gasteiger partial charge in [0, 0.05) is 5.56 Å². The van der Waals surface area contributed by atoms with Gasteiger partial charge in [0.25, 0.3) is 6.43 Å². The smallest absolute Gasteiger partial charge is 0.206 e. The van der Waals surface area contributed by atoms with Gasteiger partial charge in [-0.3, -0.25) is 0 Å². The molecule has 0 atom stereocenters. The molecule has 0 unspecified atom stereocenters. The van der Waals surface area contributed by atoms with Crippen molar-refractivity contribution >= 4 is 6.08 Å². The van der Waals surface area contributed by atoms with Gasteiger partial charge in [0.1, 0.15) is 5.82 Å². The van der Waals surface area contributed by atoms with Crippen LogP contribution in [0.15, 0.2) is 49.0 Å². The summed E-state index contributed by atoms with van der Waals surface area (Å²) in [6, 6.07) is 11.0. The maximum Gasteiger partial charge on any atom is 0.266 e. The molecule has 0 bridgehead atoms. The van der Waals surface area contributed by atoms with Crippen LogP contribution in [0.5, 0.6) is 0 Å². The highest BCUT2D eigenvalue weighted by Gasteiger charge is 2.16. The van der Waals surface area contributed by atoms with Gasteiger partial charge in [0.15, 0.2) is 0 Å². The predicted octanol–water partition coefficient (Wildman–Crippen LogP) is 5.07. The fourth-order valence-electron chi connectivity index (χ4n) is 1.77. The molecule has 2 aromatic rings. The third-order valence-corrected chi connectivity index (χ3v) is 2.70. The Morgan fingerprint density at radius 2 is 1.78 bits per heavy atom. The van der Waals surface area contributed by atoms with Crippen LogP contribution in [-0.4, -0.2) is 0 Å². The molecule has 0 amide bonds. The normalized spacial score (nSPS) is 10.7. The number of halogens is 3. The second kappa shape index (κ2) is 5.08. The molecule has 3 heteroatoms. The molecular formula is C15H11F3. The van der Waals surface area contributed by atoms with Gasteiger partial charge in [-0.15, -0.1) is 0 Å². The first-order chi connectivity index (χ1) is 8.63. The van der Waals surface area contributed by atoms with E-state index in [-0.39, 0.29) is 5.56 Å². The van der Waals surface area contributed by atoms with E-state index in [1.165, 1.54) is 12.1 Å². The quantitative estimate of drug-likeness (QED) is 0.711. The van der Waals surface area contributed by atoms with Crippen molar-refractivity contribution < 1.29 is 13.2 Å². The van der Waals surface area contributed by atoms with Gasteiger partial charge >= 0.3 is 0 Å². The number of alkyl halides is 2. The summed E-state index contributed by atoms with van der Waals surface area (Å²) in [4.78, 5) is 0. The Kier molecular flexibility index (Phi) is 3.51. The van der Waals surface area contributed by atoms with E-state index in [1.807, 2.05) is 6.07 Å². The lowest BCUT2D eigenvalue weighted by Gasteiger charge is -2.08. The highest BCUT2D eigenvalue weighted by molar-refractivity contribution is 5.68. The van der Waals surface area contributed by atoms with Crippen LogP contribution in [0.4, 0.5) is 13.2 Å². The van der Waals surface area contributed by atoms with Crippen molar-refractivity contribution in [3.8, 4) is 11.1 Å². The lowest BCUT2D eigenvalue weighted by molar-refractivity contribution is 0.146. The summed E-state index contributed by atoms with van der Waals surface area (Å²) in [7, 11) is 0. The first-order valence-electron chi connectivity index (χ1n) is 5.43. The zero-order chi connectivity index (χ0) is 13.1. The topological polar surface area (TPSA) is 0 Å². The minimum atomic E-state index is -2.81. The van der Waals surface area contributed by atoms with E-state index >= 15 is 0 Å². The van der Waals surface area contributed by atoms with Crippen LogP contribution in [0, 0.1) is 5.82 Å². The molecule has 0 spiro atoms. The highest BCUT2D eigenvalue weighted by atomic mass is 19.3. The van der Waals surface area contributed by atoms with Gasteiger partial charge in [-0.1, -0.05) is 49.1 Å². The molecule has 0 heterocycles. The Labute approximate surface area is 103 Å². The molecule has 0 saturated carbocycles. The summed E-state index contributed by atoms with van der Waals surface area (Å²) in [5, 5.41) is 0. The molecule has 0 nitrogen and oxygen atoms in total. The minimum Gasteiger partial charge on any atom is -0.206 e. The van der Waals surface area contributed by atoms with Crippen LogP contribution in [0.25, 0.3) is 17.2 Å². The zero-order valence-electron chi connectivity index (χ0n) is 9.54. The fraction of sp³-hybridized carbons (Fsp3) is 0.0667. The molecule has 0 aliphatic carbocycles. The summed E-state index contributed by atoms with van der Waals surface area (Å²) in [6.07, 6.45) is -1.19. The van der Waals surface area contributed by atoms with Gasteiger partial charge in [0.2, 0.25) is 0 Å². The second-order valence-electron chi connectivity index (χ2n) is 3.84. The van der Waals surface area contributed by atoms with Crippen LogP contribution < -0.4 is 0 Å². The Bertz CT molecular complexity index is 574. The van der Waals surface area contributed by atoms with E-state index in [0.29, 0.717) is 5.56 Å². The lowest BCUT2D eigenvalue weighted by Crippen LogP contribution is -1.94. The highest BCUT2D eigenvalue weighted by Crippen LogP contribution is 2.30. The fourth-order valence-corrected chi connectivity index (χ4v) is 1.77. The van der Waals surface area contributed by atoms with Crippen molar-refractivity contribution in [2.45, 2.75) is 6.43 Å². The molecule has 0 aromatic heterocycles. The molecular weight excluding hydrogens is 237 g/mol. The van der Waals surface area contributed by atoms with E-state index in [4.69, 9.17) is 0 Å². The monoisotopic (exact) mass is 248 g/mol.